The minimum atomic E-state index is -0.847. The number of nitrogens with zero attached hydrogens (tertiary/aromatic N) is 2. The van der Waals surface area contributed by atoms with E-state index in [2.05, 4.69) is 10.3 Å². The van der Waals surface area contributed by atoms with Gasteiger partial charge >= 0.3 is 0 Å². The van der Waals surface area contributed by atoms with E-state index >= 15 is 0 Å². The molecule has 0 aliphatic carbocycles. The lowest BCUT2D eigenvalue weighted by Gasteiger charge is -2.23. The average molecular weight is 436 g/mol. The first kappa shape index (κ1) is 21.4. The van der Waals surface area contributed by atoms with Crippen LogP contribution in [0.15, 0.2) is 36.5 Å². The van der Waals surface area contributed by atoms with Gasteiger partial charge in [-0.15, -0.1) is 0 Å². The number of hydrogen-bond acceptors (Lipinski definition) is 4. The van der Waals surface area contributed by atoms with E-state index in [0.717, 1.165) is 12.0 Å². The van der Waals surface area contributed by atoms with Gasteiger partial charge in [0.2, 0.25) is 17.7 Å². The summed E-state index contributed by atoms with van der Waals surface area (Å²) in [5.41, 5.74) is 0.627. The number of ether oxygens (including phenoxy) is 1. The third-order valence-electron chi connectivity index (χ3n) is 4.76. The number of rotatable bonds is 7. The van der Waals surface area contributed by atoms with Gasteiger partial charge in [0.05, 0.1) is 12.0 Å². The van der Waals surface area contributed by atoms with E-state index in [9.17, 15) is 9.59 Å². The molecule has 1 atom stereocenters. The van der Waals surface area contributed by atoms with Crippen LogP contribution in [0.5, 0.6) is 5.88 Å². The molecule has 1 fully saturated rings. The normalized spacial score (nSPS) is 18.8. The number of carbonyl (C=O) groups is 2. The summed E-state index contributed by atoms with van der Waals surface area (Å²) in [5.74, 6) is 0.208. The second-order valence-corrected chi connectivity index (χ2v) is 8.25. The number of pyridine rings is 1. The summed E-state index contributed by atoms with van der Waals surface area (Å²) in [7, 11) is 0. The zero-order valence-electron chi connectivity index (χ0n) is 16.4. The predicted molar refractivity (Wildman–Crippen MR) is 113 cm³/mol. The molecule has 0 saturated carbocycles. The molecule has 2 amide bonds. The van der Waals surface area contributed by atoms with Crippen LogP contribution >= 0.6 is 23.2 Å². The highest BCUT2D eigenvalue weighted by molar-refractivity contribution is 6.35. The van der Waals surface area contributed by atoms with Crippen LogP contribution in [0.25, 0.3) is 0 Å². The largest absolute Gasteiger partial charge is 0.478 e. The van der Waals surface area contributed by atoms with Gasteiger partial charge in [-0.05, 0) is 43.2 Å². The number of amides is 2. The molecule has 0 spiro atoms. The van der Waals surface area contributed by atoms with Crippen LogP contribution in [0.4, 0.5) is 5.69 Å². The second kappa shape index (κ2) is 9.01. The Labute approximate surface area is 180 Å². The fourth-order valence-electron chi connectivity index (χ4n) is 3.25. The van der Waals surface area contributed by atoms with Crippen LogP contribution in [0.2, 0.25) is 10.0 Å². The van der Waals surface area contributed by atoms with Gasteiger partial charge in [0.15, 0.2) is 0 Å². The number of benzene rings is 1. The first-order valence-corrected chi connectivity index (χ1v) is 10.2. The van der Waals surface area contributed by atoms with Crippen LogP contribution in [-0.2, 0) is 16.1 Å². The van der Waals surface area contributed by atoms with Crippen LogP contribution in [0.3, 0.4) is 0 Å². The highest BCUT2D eigenvalue weighted by Gasteiger charge is 2.45. The van der Waals surface area contributed by atoms with Crippen molar-refractivity contribution in [1.29, 1.82) is 0 Å². The molecule has 1 aliphatic rings. The number of carbonyl (C=O) groups excluding carboxylic acids is 2. The second-order valence-electron chi connectivity index (χ2n) is 7.38. The van der Waals surface area contributed by atoms with E-state index in [1.165, 1.54) is 0 Å². The molecule has 1 unspecified atom stereocenters. The summed E-state index contributed by atoms with van der Waals surface area (Å²) in [6.45, 7) is 4.99. The van der Waals surface area contributed by atoms with Gasteiger partial charge in [0.1, 0.15) is 0 Å². The first-order valence-electron chi connectivity index (χ1n) is 9.43. The molecule has 1 aromatic heterocycles. The molecular weight excluding hydrogens is 413 g/mol. The van der Waals surface area contributed by atoms with Gasteiger partial charge in [-0.25, -0.2) is 4.98 Å². The quantitative estimate of drug-likeness (QED) is 0.705. The van der Waals surface area contributed by atoms with Crippen molar-refractivity contribution in [3.05, 3.63) is 52.1 Å². The molecule has 154 valence electrons. The van der Waals surface area contributed by atoms with E-state index in [1.54, 1.807) is 42.3 Å². The van der Waals surface area contributed by atoms with Crippen molar-refractivity contribution >= 4 is 40.7 Å². The van der Waals surface area contributed by atoms with E-state index < -0.39 is 5.41 Å². The number of aromatic nitrogens is 1. The molecule has 8 heteroatoms. The number of nitrogens with one attached hydrogen (secondary N) is 1. The molecule has 1 aromatic carbocycles. The molecule has 1 saturated heterocycles. The highest BCUT2D eigenvalue weighted by atomic mass is 35.5. The monoisotopic (exact) mass is 435 g/mol. The smallest absolute Gasteiger partial charge is 0.228 e. The van der Waals surface area contributed by atoms with Crippen LogP contribution in [-0.4, -0.2) is 29.9 Å². The summed E-state index contributed by atoms with van der Waals surface area (Å²) in [6, 6.07) is 8.57. The molecule has 2 heterocycles. The lowest BCUT2D eigenvalue weighted by atomic mass is 9.88. The molecule has 3 rings (SSSR count). The van der Waals surface area contributed by atoms with Crippen molar-refractivity contribution in [2.45, 2.75) is 33.2 Å². The minimum Gasteiger partial charge on any atom is -0.478 e. The van der Waals surface area contributed by atoms with E-state index in [-0.39, 0.29) is 24.8 Å². The fraction of sp³-hybridized carbons (Fsp3) is 0.381. The third kappa shape index (κ3) is 5.19. The average Bonchev–Trinajstić information content (AvgIpc) is 3.00. The van der Waals surface area contributed by atoms with Crippen molar-refractivity contribution in [2.75, 3.05) is 18.1 Å². The predicted octanol–water partition coefficient (Wildman–Crippen LogP) is 4.24. The molecule has 29 heavy (non-hydrogen) atoms. The lowest BCUT2D eigenvalue weighted by molar-refractivity contribution is -0.131. The van der Waals surface area contributed by atoms with Crippen molar-refractivity contribution < 1.29 is 14.3 Å². The van der Waals surface area contributed by atoms with Crippen molar-refractivity contribution in [3.8, 4) is 5.88 Å². The van der Waals surface area contributed by atoms with Gasteiger partial charge in [-0.1, -0.05) is 30.1 Å². The van der Waals surface area contributed by atoms with E-state index in [4.69, 9.17) is 27.9 Å². The van der Waals surface area contributed by atoms with Crippen molar-refractivity contribution in [3.63, 3.8) is 0 Å². The van der Waals surface area contributed by atoms with Gasteiger partial charge in [-0.3, -0.25) is 9.59 Å². The lowest BCUT2D eigenvalue weighted by Crippen LogP contribution is -2.40. The van der Waals surface area contributed by atoms with E-state index in [1.807, 2.05) is 13.0 Å². The summed E-state index contributed by atoms with van der Waals surface area (Å²) >= 11 is 12.1. The fourth-order valence-corrected chi connectivity index (χ4v) is 3.76. The summed E-state index contributed by atoms with van der Waals surface area (Å²) in [6.07, 6.45) is 2.66. The zero-order valence-corrected chi connectivity index (χ0v) is 17.9. The molecular formula is C21H23Cl2N3O3. The van der Waals surface area contributed by atoms with Crippen molar-refractivity contribution in [1.82, 2.24) is 10.3 Å². The summed E-state index contributed by atoms with van der Waals surface area (Å²) in [5, 5.41) is 3.81. The van der Waals surface area contributed by atoms with Gasteiger partial charge in [0, 0.05) is 47.5 Å². The molecule has 1 N–H and O–H groups in total. The summed E-state index contributed by atoms with van der Waals surface area (Å²) in [4.78, 5) is 31.1. The van der Waals surface area contributed by atoms with Crippen LogP contribution in [0.1, 0.15) is 32.3 Å². The Kier molecular flexibility index (Phi) is 6.65. The molecule has 6 nitrogen and oxygen atoms in total. The number of halogens is 2. The molecule has 0 radical (unpaired) electrons. The third-order valence-corrected chi connectivity index (χ3v) is 5.20. The Balaban J connectivity index is 1.66. The van der Waals surface area contributed by atoms with Crippen LogP contribution in [0, 0.1) is 5.41 Å². The maximum absolute atomic E-state index is 12.9. The van der Waals surface area contributed by atoms with Gasteiger partial charge in [-0.2, -0.15) is 0 Å². The Morgan fingerprint density at radius 3 is 2.69 bits per heavy atom. The molecule has 0 bridgehead atoms. The Morgan fingerprint density at radius 2 is 2.00 bits per heavy atom. The first-order chi connectivity index (χ1) is 13.8. The van der Waals surface area contributed by atoms with Crippen molar-refractivity contribution in [2.24, 2.45) is 5.41 Å². The standard InChI is InChI=1S/C21H23Cl2N3O3/c1-3-6-29-18-7-14(4-5-24-18)12-25-20(28)21(2)11-19(27)26(13-21)17-9-15(22)8-16(23)10-17/h4-5,7-10H,3,6,11-13H2,1-2H3,(H,25,28). The summed E-state index contributed by atoms with van der Waals surface area (Å²) < 4.78 is 5.52. The number of anilines is 1. The molecule has 2 aromatic rings. The Bertz CT molecular complexity index is 902. The molecule has 1 aliphatic heterocycles. The topological polar surface area (TPSA) is 71.5 Å². The highest BCUT2D eigenvalue weighted by Crippen LogP contribution is 2.36. The SMILES string of the molecule is CCCOc1cc(CNC(=O)C2(C)CC(=O)N(c3cc(Cl)cc(Cl)c3)C2)ccn1. The maximum Gasteiger partial charge on any atom is 0.228 e. The Morgan fingerprint density at radius 1 is 1.28 bits per heavy atom. The number of hydrogen-bond donors (Lipinski definition) is 1. The van der Waals surface area contributed by atoms with Crippen LogP contribution < -0.4 is 15.0 Å². The maximum atomic E-state index is 12.9. The van der Waals surface area contributed by atoms with Gasteiger partial charge in [0.25, 0.3) is 0 Å². The van der Waals surface area contributed by atoms with E-state index in [0.29, 0.717) is 34.8 Å². The Hall–Kier alpha value is -2.31. The zero-order chi connectivity index (χ0) is 21.0. The minimum absolute atomic E-state index is 0.115. The van der Waals surface area contributed by atoms with Gasteiger partial charge < -0.3 is 15.0 Å².